The summed E-state index contributed by atoms with van der Waals surface area (Å²) in [6, 6.07) is 1.28. The Hall–Kier alpha value is -2.49. The van der Waals surface area contributed by atoms with E-state index in [0.717, 1.165) is 6.07 Å². The molecule has 1 rings (SSSR count). The van der Waals surface area contributed by atoms with Gasteiger partial charge in [0.1, 0.15) is 4.88 Å². The van der Waals surface area contributed by atoms with Gasteiger partial charge in [-0.1, -0.05) is 11.3 Å². The van der Waals surface area contributed by atoms with Crippen LogP contribution in [0.25, 0.3) is 0 Å². The Balaban J connectivity index is 2.52. The van der Waals surface area contributed by atoms with Crippen molar-refractivity contribution in [3.8, 4) is 0 Å². The lowest BCUT2D eigenvalue weighted by Gasteiger charge is -2.01. The first-order valence-electron chi connectivity index (χ1n) is 4.41. The maximum absolute atomic E-state index is 11.3. The van der Waals surface area contributed by atoms with Crippen molar-refractivity contribution in [2.24, 2.45) is 5.73 Å². The molecule has 0 aliphatic carbocycles. The van der Waals surface area contributed by atoms with Gasteiger partial charge in [-0.05, 0) is 6.07 Å². The van der Waals surface area contributed by atoms with E-state index in [9.17, 15) is 24.5 Å². The van der Waals surface area contributed by atoms with Crippen LogP contribution in [0.5, 0.6) is 0 Å². The van der Waals surface area contributed by atoms with Crippen LogP contribution in [0.3, 0.4) is 0 Å². The first-order chi connectivity index (χ1) is 8.40. The molecule has 18 heavy (non-hydrogen) atoms. The second-order valence-electron chi connectivity index (χ2n) is 2.88. The van der Waals surface area contributed by atoms with Crippen molar-refractivity contribution in [2.75, 3.05) is 6.61 Å². The van der Waals surface area contributed by atoms with Gasteiger partial charge in [0.15, 0.2) is 6.61 Å². The molecule has 1 aromatic heterocycles. The van der Waals surface area contributed by atoms with Gasteiger partial charge in [0, 0.05) is 6.07 Å². The lowest BCUT2D eigenvalue weighted by atomic mass is 10.5. The van der Waals surface area contributed by atoms with Gasteiger partial charge < -0.3 is 10.5 Å². The molecule has 96 valence electrons. The SMILES string of the molecule is NC(=O)NC(=O)COC(=O)c1ccc([N+](=O)[O-])s1. The number of amides is 3. The zero-order valence-corrected chi connectivity index (χ0v) is 9.56. The number of nitro groups is 1. The van der Waals surface area contributed by atoms with Gasteiger partial charge in [-0.25, -0.2) is 9.59 Å². The molecule has 3 amide bonds. The van der Waals surface area contributed by atoms with E-state index in [-0.39, 0.29) is 9.88 Å². The molecule has 1 heterocycles. The van der Waals surface area contributed by atoms with Crippen molar-refractivity contribution in [3.05, 3.63) is 27.1 Å². The van der Waals surface area contributed by atoms with Crippen molar-refractivity contribution in [1.82, 2.24) is 5.32 Å². The van der Waals surface area contributed by atoms with Crippen LogP contribution in [0.2, 0.25) is 0 Å². The van der Waals surface area contributed by atoms with Crippen LogP contribution in [0, 0.1) is 10.1 Å². The molecule has 0 fully saturated rings. The second kappa shape index (κ2) is 5.72. The van der Waals surface area contributed by atoms with Crippen LogP contribution in [0.4, 0.5) is 9.80 Å². The topological polar surface area (TPSA) is 142 Å². The Morgan fingerprint density at radius 2 is 2.11 bits per heavy atom. The van der Waals surface area contributed by atoms with Gasteiger partial charge in [-0.2, -0.15) is 0 Å². The number of urea groups is 1. The Kier molecular flexibility index (Phi) is 4.32. The van der Waals surface area contributed by atoms with Crippen molar-refractivity contribution < 1.29 is 24.0 Å². The molecular weight excluding hydrogens is 266 g/mol. The van der Waals surface area contributed by atoms with E-state index in [4.69, 9.17) is 0 Å². The summed E-state index contributed by atoms with van der Waals surface area (Å²) in [4.78, 5) is 42.2. The molecule has 10 heteroatoms. The quantitative estimate of drug-likeness (QED) is 0.449. The fraction of sp³-hybridized carbons (Fsp3) is 0.125. The second-order valence-corrected chi connectivity index (χ2v) is 3.95. The van der Waals surface area contributed by atoms with Crippen LogP contribution in [0.15, 0.2) is 12.1 Å². The smallest absolute Gasteiger partial charge is 0.349 e. The highest BCUT2D eigenvalue weighted by atomic mass is 32.1. The Morgan fingerprint density at radius 1 is 1.44 bits per heavy atom. The normalized spacial score (nSPS) is 9.56. The largest absolute Gasteiger partial charge is 0.451 e. The van der Waals surface area contributed by atoms with Crippen molar-refractivity contribution in [2.45, 2.75) is 0 Å². The highest BCUT2D eigenvalue weighted by Crippen LogP contribution is 2.24. The summed E-state index contributed by atoms with van der Waals surface area (Å²) in [5.74, 6) is -1.78. The number of ether oxygens (including phenoxy) is 1. The molecule has 0 aliphatic heterocycles. The maximum atomic E-state index is 11.3. The molecular formula is C8H7N3O6S. The van der Waals surface area contributed by atoms with Gasteiger partial charge in [-0.15, -0.1) is 0 Å². The number of esters is 1. The Bertz CT molecular complexity index is 511. The zero-order valence-electron chi connectivity index (χ0n) is 8.74. The van der Waals surface area contributed by atoms with E-state index in [1.54, 1.807) is 5.32 Å². The number of rotatable bonds is 4. The molecule has 0 atom stereocenters. The molecule has 0 bridgehead atoms. The van der Waals surface area contributed by atoms with Crippen molar-refractivity contribution in [3.63, 3.8) is 0 Å². The van der Waals surface area contributed by atoms with Crippen molar-refractivity contribution in [1.29, 1.82) is 0 Å². The number of carbonyl (C=O) groups excluding carboxylic acids is 3. The molecule has 0 aromatic carbocycles. The van der Waals surface area contributed by atoms with Gasteiger partial charge in [0.2, 0.25) is 0 Å². The van der Waals surface area contributed by atoms with Crippen LogP contribution in [-0.2, 0) is 9.53 Å². The average molecular weight is 273 g/mol. The van der Waals surface area contributed by atoms with Crippen molar-refractivity contribution >= 4 is 34.2 Å². The highest BCUT2D eigenvalue weighted by molar-refractivity contribution is 7.17. The molecule has 3 N–H and O–H groups in total. The molecule has 0 radical (unpaired) electrons. The zero-order chi connectivity index (χ0) is 13.7. The lowest BCUT2D eigenvalue weighted by Crippen LogP contribution is -2.37. The number of nitrogens with one attached hydrogen (secondary N) is 1. The first-order valence-corrected chi connectivity index (χ1v) is 5.22. The van der Waals surface area contributed by atoms with Gasteiger partial charge >= 0.3 is 17.0 Å². The minimum atomic E-state index is -1.07. The number of carbonyl (C=O) groups is 3. The van der Waals surface area contributed by atoms with E-state index < -0.39 is 29.4 Å². The third-order valence-electron chi connectivity index (χ3n) is 1.57. The summed E-state index contributed by atoms with van der Waals surface area (Å²) >= 11 is 0.618. The Labute approximate surface area is 104 Å². The Morgan fingerprint density at radius 3 is 2.61 bits per heavy atom. The lowest BCUT2D eigenvalue weighted by molar-refractivity contribution is -0.380. The maximum Gasteiger partial charge on any atom is 0.349 e. The minimum Gasteiger partial charge on any atom is -0.451 e. The molecule has 0 spiro atoms. The number of thiophene rings is 1. The van der Waals surface area contributed by atoms with E-state index in [1.165, 1.54) is 6.07 Å². The van der Waals surface area contributed by atoms with Gasteiger partial charge in [0.25, 0.3) is 5.91 Å². The van der Waals surface area contributed by atoms with Crippen LogP contribution in [-0.4, -0.2) is 29.4 Å². The monoisotopic (exact) mass is 273 g/mol. The molecule has 0 aliphatic rings. The third-order valence-corrected chi connectivity index (χ3v) is 2.59. The number of hydrogen-bond acceptors (Lipinski definition) is 7. The van der Waals surface area contributed by atoms with E-state index in [1.807, 2.05) is 0 Å². The molecule has 1 aromatic rings. The highest BCUT2D eigenvalue weighted by Gasteiger charge is 2.17. The van der Waals surface area contributed by atoms with E-state index in [0.29, 0.717) is 11.3 Å². The van der Waals surface area contributed by atoms with Crippen LogP contribution < -0.4 is 11.1 Å². The van der Waals surface area contributed by atoms with Crippen LogP contribution >= 0.6 is 11.3 Å². The fourth-order valence-corrected chi connectivity index (χ4v) is 1.63. The average Bonchev–Trinajstić information content (AvgIpc) is 2.74. The van der Waals surface area contributed by atoms with Gasteiger partial charge in [0.05, 0.1) is 4.92 Å². The van der Waals surface area contributed by atoms with Crippen LogP contribution in [0.1, 0.15) is 9.67 Å². The summed E-state index contributed by atoms with van der Waals surface area (Å²) in [6.45, 7) is -0.701. The number of nitrogens with two attached hydrogens (primary N) is 1. The number of primary amides is 1. The summed E-state index contributed by atoms with van der Waals surface area (Å²) < 4.78 is 4.51. The van der Waals surface area contributed by atoms with E-state index >= 15 is 0 Å². The molecule has 9 nitrogen and oxygen atoms in total. The first kappa shape index (κ1) is 13.6. The molecule has 0 unspecified atom stereocenters. The van der Waals surface area contributed by atoms with Gasteiger partial charge in [-0.3, -0.25) is 20.2 Å². The fourth-order valence-electron chi connectivity index (χ4n) is 0.911. The predicted octanol–water partition coefficient (Wildman–Crippen LogP) is 0.00800. The molecule has 0 saturated heterocycles. The number of hydrogen-bond donors (Lipinski definition) is 2. The third kappa shape index (κ3) is 3.83. The predicted molar refractivity (Wildman–Crippen MR) is 59.0 cm³/mol. The number of nitrogens with zero attached hydrogens (tertiary/aromatic N) is 1. The standard InChI is InChI=1S/C8H7N3O6S/c9-8(14)10-5(12)3-17-7(13)4-1-2-6(18-4)11(15)16/h1-2H,3H2,(H3,9,10,12,14). The van der Waals surface area contributed by atoms with E-state index in [2.05, 4.69) is 10.5 Å². The minimum absolute atomic E-state index is 0.0198. The molecule has 0 saturated carbocycles. The summed E-state index contributed by atoms with van der Waals surface area (Å²) in [6.07, 6.45) is 0. The number of imide groups is 1. The summed E-state index contributed by atoms with van der Waals surface area (Å²) in [7, 11) is 0. The summed E-state index contributed by atoms with van der Waals surface area (Å²) in [5.41, 5.74) is 4.66. The summed E-state index contributed by atoms with van der Waals surface area (Å²) in [5, 5.41) is 11.8.